The second-order valence-electron chi connectivity index (χ2n) is 10.4. The Labute approximate surface area is 202 Å². The highest BCUT2D eigenvalue weighted by atomic mass is 16.6. The molecular formula is C26H38N4O4. The maximum Gasteiger partial charge on any atom is 0.237 e. The van der Waals surface area contributed by atoms with Gasteiger partial charge in [0.25, 0.3) is 0 Å². The number of fused-ring (bicyclic) bond motifs is 1. The molecule has 34 heavy (non-hydrogen) atoms. The molecule has 0 spiro atoms. The number of hydrogen-bond acceptors (Lipinski definition) is 6. The van der Waals surface area contributed by atoms with Gasteiger partial charge in [-0.25, -0.2) is 0 Å². The lowest BCUT2D eigenvalue weighted by atomic mass is 9.78. The first kappa shape index (κ1) is 23.4. The summed E-state index contributed by atoms with van der Waals surface area (Å²) in [6, 6.07) is 6.56. The van der Waals surface area contributed by atoms with Crippen LogP contribution in [0, 0.1) is 0 Å². The molecule has 1 aromatic rings. The molecule has 1 aromatic carbocycles. The van der Waals surface area contributed by atoms with E-state index in [1.54, 1.807) is 0 Å². The van der Waals surface area contributed by atoms with Crippen molar-refractivity contribution >= 4 is 11.8 Å². The van der Waals surface area contributed by atoms with Gasteiger partial charge in [0.2, 0.25) is 11.8 Å². The van der Waals surface area contributed by atoms with Gasteiger partial charge in [-0.3, -0.25) is 19.4 Å². The van der Waals surface area contributed by atoms with E-state index in [2.05, 4.69) is 32.6 Å². The van der Waals surface area contributed by atoms with E-state index in [9.17, 15) is 9.59 Å². The molecule has 5 rings (SSSR count). The Morgan fingerprint density at radius 3 is 2.47 bits per heavy atom. The summed E-state index contributed by atoms with van der Waals surface area (Å²) < 4.78 is 11.5. The zero-order valence-corrected chi connectivity index (χ0v) is 20.3. The van der Waals surface area contributed by atoms with Gasteiger partial charge in [-0.15, -0.1) is 0 Å². The SMILES string of the molecule is C[C@H](C(=O)NC1CC1)N1CCN(CC(=O)NCC2(c3ccc4c(c3)OCCO4)CCCC2)CC1. The van der Waals surface area contributed by atoms with Crippen molar-refractivity contribution in [3.8, 4) is 11.5 Å². The van der Waals surface area contributed by atoms with Crippen molar-refractivity contribution in [1.82, 2.24) is 20.4 Å². The summed E-state index contributed by atoms with van der Waals surface area (Å²) in [5.74, 6) is 1.84. The maximum absolute atomic E-state index is 12.9. The largest absolute Gasteiger partial charge is 0.486 e. The molecular weight excluding hydrogens is 432 g/mol. The molecule has 8 nitrogen and oxygen atoms in total. The van der Waals surface area contributed by atoms with Crippen molar-refractivity contribution in [2.75, 3.05) is 52.5 Å². The number of nitrogens with one attached hydrogen (secondary N) is 2. The molecule has 1 saturated heterocycles. The Hall–Kier alpha value is -2.32. The number of hydrogen-bond donors (Lipinski definition) is 2. The Kier molecular flexibility index (Phi) is 6.97. The van der Waals surface area contributed by atoms with Crippen molar-refractivity contribution in [2.45, 2.75) is 62.9 Å². The van der Waals surface area contributed by atoms with Crippen LogP contribution < -0.4 is 20.1 Å². The lowest BCUT2D eigenvalue weighted by molar-refractivity contribution is -0.128. The molecule has 3 fully saturated rings. The molecule has 8 heteroatoms. The summed E-state index contributed by atoms with van der Waals surface area (Å²) in [5.41, 5.74) is 1.20. The molecule has 1 atom stereocenters. The molecule has 2 aliphatic heterocycles. The van der Waals surface area contributed by atoms with Gasteiger partial charge in [0.1, 0.15) is 13.2 Å². The van der Waals surface area contributed by atoms with Crippen LogP contribution in [-0.2, 0) is 15.0 Å². The predicted molar refractivity (Wildman–Crippen MR) is 129 cm³/mol. The summed E-state index contributed by atoms with van der Waals surface area (Å²) in [7, 11) is 0. The van der Waals surface area contributed by atoms with Crippen LogP contribution >= 0.6 is 0 Å². The molecule has 2 amide bonds. The minimum Gasteiger partial charge on any atom is -0.486 e. The third-order valence-corrected chi connectivity index (χ3v) is 7.96. The van der Waals surface area contributed by atoms with Crippen molar-refractivity contribution in [1.29, 1.82) is 0 Å². The number of ether oxygens (including phenoxy) is 2. The number of carbonyl (C=O) groups is 2. The van der Waals surface area contributed by atoms with Crippen LogP contribution in [-0.4, -0.2) is 86.2 Å². The van der Waals surface area contributed by atoms with Gasteiger partial charge in [0.05, 0.1) is 12.6 Å². The topological polar surface area (TPSA) is 83.1 Å². The van der Waals surface area contributed by atoms with Crippen LogP contribution in [0.25, 0.3) is 0 Å². The standard InChI is InChI=1S/C26H38N4O4/c1-19(25(32)28-21-5-6-21)30-12-10-29(11-13-30)17-24(31)27-18-26(8-2-3-9-26)20-4-7-22-23(16-20)34-15-14-33-22/h4,7,16,19,21H,2-3,5-6,8-15,17-18H2,1H3,(H,27,31)(H,28,32)/t19-/m1/s1. The molecule has 2 heterocycles. The van der Waals surface area contributed by atoms with E-state index >= 15 is 0 Å². The smallest absolute Gasteiger partial charge is 0.237 e. The fourth-order valence-electron chi connectivity index (χ4n) is 5.54. The Morgan fingerprint density at radius 2 is 1.76 bits per heavy atom. The van der Waals surface area contributed by atoms with Gasteiger partial charge in [0.15, 0.2) is 11.5 Å². The number of carbonyl (C=O) groups excluding carboxylic acids is 2. The maximum atomic E-state index is 12.9. The number of piperazine rings is 1. The molecule has 2 aliphatic carbocycles. The van der Waals surface area contributed by atoms with Crippen LogP contribution in [0.3, 0.4) is 0 Å². The first-order chi connectivity index (χ1) is 16.5. The molecule has 2 N–H and O–H groups in total. The van der Waals surface area contributed by atoms with Gasteiger partial charge < -0.3 is 20.1 Å². The van der Waals surface area contributed by atoms with E-state index in [1.165, 1.54) is 18.4 Å². The van der Waals surface area contributed by atoms with E-state index < -0.39 is 0 Å². The molecule has 2 saturated carbocycles. The first-order valence-corrected chi connectivity index (χ1v) is 13.0. The molecule has 0 aromatic heterocycles. The van der Waals surface area contributed by atoms with Crippen LogP contribution in [0.5, 0.6) is 11.5 Å². The minimum atomic E-state index is -0.107. The fraction of sp³-hybridized carbons (Fsp3) is 0.692. The van der Waals surface area contributed by atoms with E-state index in [1.807, 2.05) is 13.0 Å². The average molecular weight is 471 g/mol. The molecule has 0 radical (unpaired) electrons. The van der Waals surface area contributed by atoms with Gasteiger partial charge in [0, 0.05) is 44.2 Å². The van der Waals surface area contributed by atoms with E-state index in [0.29, 0.717) is 32.3 Å². The van der Waals surface area contributed by atoms with Gasteiger partial charge in [-0.2, -0.15) is 0 Å². The predicted octanol–water partition coefficient (Wildman–Crippen LogP) is 1.67. The quantitative estimate of drug-likeness (QED) is 0.602. The fourth-order valence-corrected chi connectivity index (χ4v) is 5.54. The van der Waals surface area contributed by atoms with Gasteiger partial charge in [-0.1, -0.05) is 18.9 Å². The summed E-state index contributed by atoms with van der Waals surface area (Å²) in [5, 5.41) is 6.34. The molecule has 186 valence electrons. The van der Waals surface area contributed by atoms with Crippen LogP contribution in [0.15, 0.2) is 18.2 Å². The Morgan fingerprint density at radius 1 is 1.06 bits per heavy atom. The molecule has 0 unspecified atom stereocenters. The van der Waals surface area contributed by atoms with Crippen molar-refractivity contribution < 1.29 is 19.1 Å². The van der Waals surface area contributed by atoms with Crippen LogP contribution in [0.4, 0.5) is 0 Å². The first-order valence-electron chi connectivity index (χ1n) is 13.0. The highest BCUT2D eigenvalue weighted by Crippen LogP contribution is 2.43. The minimum absolute atomic E-state index is 0.0332. The summed E-state index contributed by atoms with van der Waals surface area (Å²) >= 11 is 0. The lowest BCUT2D eigenvalue weighted by Crippen LogP contribution is -2.55. The highest BCUT2D eigenvalue weighted by molar-refractivity contribution is 5.82. The average Bonchev–Trinajstić information content (AvgIpc) is 3.55. The van der Waals surface area contributed by atoms with Crippen LogP contribution in [0.1, 0.15) is 51.0 Å². The van der Waals surface area contributed by atoms with Crippen molar-refractivity contribution in [3.05, 3.63) is 23.8 Å². The monoisotopic (exact) mass is 470 g/mol. The van der Waals surface area contributed by atoms with Crippen molar-refractivity contribution in [3.63, 3.8) is 0 Å². The normalized spacial score (nSPS) is 23.3. The summed E-state index contributed by atoms with van der Waals surface area (Å²) in [6.07, 6.45) is 6.73. The second-order valence-corrected chi connectivity index (χ2v) is 10.4. The van der Waals surface area contributed by atoms with Crippen LogP contribution in [0.2, 0.25) is 0 Å². The number of rotatable bonds is 8. The second kappa shape index (κ2) is 10.1. The van der Waals surface area contributed by atoms with E-state index in [0.717, 1.165) is 63.4 Å². The highest BCUT2D eigenvalue weighted by Gasteiger charge is 2.37. The number of nitrogens with zero attached hydrogens (tertiary/aromatic N) is 2. The van der Waals surface area contributed by atoms with E-state index in [-0.39, 0.29) is 23.3 Å². The van der Waals surface area contributed by atoms with Gasteiger partial charge in [-0.05, 0) is 50.3 Å². The summed E-state index contributed by atoms with van der Waals surface area (Å²) in [4.78, 5) is 29.6. The third kappa shape index (κ3) is 5.33. The molecule has 0 bridgehead atoms. The Balaban J connectivity index is 1.11. The Bertz CT molecular complexity index is 889. The zero-order valence-electron chi connectivity index (χ0n) is 20.3. The number of amides is 2. The number of benzene rings is 1. The molecule has 4 aliphatic rings. The van der Waals surface area contributed by atoms with E-state index in [4.69, 9.17) is 9.47 Å². The van der Waals surface area contributed by atoms with Gasteiger partial charge >= 0.3 is 0 Å². The zero-order chi connectivity index (χ0) is 23.5. The van der Waals surface area contributed by atoms with Crippen molar-refractivity contribution in [2.24, 2.45) is 0 Å². The third-order valence-electron chi connectivity index (χ3n) is 7.96. The lowest BCUT2D eigenvalue weighted by Gasteiger charge is -2.37. The summed E-state index contributed by atoms with van der Waals surface area (Å²) in [6.45, 7) is 7.47.